The number of nitrogens with one attached hydrogen (secondary N) is 1. The smallest absolute Gasteiger partial charge is 0.266 e. The molecule has 7 heteroatoms. The van der Waals surface area contributed by atoms with E-state index in [0.29, 0.717) is 37.2 Å². The van der Waals surface area contributed by atoms with Crippen LogP contribution in [0.2, 0.25) is 0 Å². The number of rotatable bonds is 3. The van der Waals surface area contributed by atoms with Gasteiger partial charge in [0.05, 0.1) is 17.8 Å². The van der Waals surface area contributed by atoms with E-state index >= 15 is 0 Å². The molecule has 0 bridgehead atoms. The zero-order valence-electron chi connectivity index (χ0n) is 12.4. The minimum absolute atomic E-state index is 0.0744. The van der Waals surface area contributed by atoms with E-state index in [-0.39, 0.29) is 12.1 Å². The van der Waals surface area contributed by atoms with Crippen LogP contribution in [0.15, 0.2) is 35.1 Å². The monoisotopic (exact) mass is 321 g/mol. The highest BCUT2D eigenvalue weighted by atomic mass is 19.2. The van der Waals surface area contributed by atoms with Crippen LogP contribution < -0.4 is 10.9 Å². The van der Waals surface area contributed by atoms with E-state index in [9.17, 15) is 18.7 Å². The van der Waals surface area contributed by atoms with E-state index in [2.05, 4.69) is 10.4 Å². The first-order valence-corrected chi connectivity index (χ1v) is 7.44. The van der Waals surface area contributed by atoms with Crippen molar-refractivity contribution in [2.45, 2.75) is 25.0 Å². The lowest BCUT2D eigenvalue weighted by Gasteiger charge is -2.32. The van der Waals surface area contributed by atoms with Gasteiger partial charge in [-0.25, -0.2) is 13.5 Å². The molecule has 1 saturated heterocycles. The molecule has 3 rings (SSSR count). The Hall–Kier alpha value is -2.12. The fraction of sp³-hybridized carbons (Fsp3) is 0.375. The van der Waals surface area contributed by atoms with Crippen molar-refractivity contribution >= 4 is 0 Å². The normalized spacial score (nSPS) is 17.2. The molecule has 0 amide bonds. The van der Waals surface area contributed by atoms with Gasteiger partial charge in [-0.2, -0.15) is 5.10 Å². The summed E-state index contributed by atoms with van der Waals surface area (Å²) in [6, 6.07) is 6.22. The Morgan fingerprint density at radius 2 is 1.91 bits per heavy atom. The van der Waals surface area contributed by atoms with E-state index < -0.39 is 17.2 Å². The number of aromatic nitrogens is 2. The van der Waals surface area contributed by atoms with Crippen LogP contribution in [0.25, 0.3) is 11.3 Å². The number of aliphatic hydroxyl groups is 1. The van der Waals surface area contributed by atoms with Gasteiger partial charge < -0.3 is 10.4 Å². The van der Waals surface area contributed by atoms with Crippen molar-refractivity contribution in [1.29, 1.82) is 0 Å². The molecule has 1 aromatic carbocycles. The predicted octanol–water partition coefficient (Wildman–Crippen LogP) is 1.30. The van der Waals surface area contributed by atoms with Crippen molar-refractivity contribution in [3.8, 4) is 11.3 Å². The Bertz CT molecular complexity index is 770. The number of hydrogen-bond donors (Lipinski definition) is 2. The third-order valence-electron chi connectivity index (χ3n) is 4.06. The van der Waals surface area contributed by atoms with Crippen molar-refractivity contribution < 1.29 is 13.9 Å². The van der Waals surface area contributed by atoms with E-state index in [4.69, 9.17) is 0 Å². The largest absolute Gasteiger partial charge is 0.388 e. The number of benzene rings is 1. The second kappa shape index (κ2) is 6.17. The van der Waals surface area contributed by atoms with Crippen LogP contribution in [0.1, 0.15) is 12.8 Å². The molecule has 1 fully saturated rings. The topological polar surface area (TPSA) is 67.2 Å². The van der Waals surface area contributed by atoms with E-state index in [1.807, 2.05) is 0 Å². The van der Waals surface area contributed by atoms with Crippen LogP contribution in [0, 0.1) is 11.6 Å². The van der Waals surface area contributed by atoms with Gasteiger partial charge >= 0.3 is 0 Å². The second-order valence-corrected chi connectivity index (χ2v) is 5.82. The predicted molar refractivity (Wildman–Crippen MR) is 80.9 cm³/mol. The minimum Gasteiger partial charge on any atom is -0.388 e. The molecule has 1 aromatic heterocycles. The van der Waals surface area contributed by atoms with Gasteiger partial charge in [0, 0.05) is 11.6 Å². The molecule has 0 saturated carbocycles. The van der Waals surface area contributed by atoms with Gasteiger partial charge in [-0.1, -0.05) is 0 Å². The highest BCUT2D eigenvalue weighted by Crippen LogP contribution is 2.21. The molecule has 0 radical (unpaired) electrons. The van der Waals surface area contributed by atoms with Crippen molar-refractivity contribution in [3.63, 3.8) is 0 Å². The lowest BCUT2D eigenvalue weighted by atomic mass is 9.92. The van der Waals surface area contributed by atoms with Crippen LogP contribution in [-0.4, -0.2) is 33.6 Å². The third kappa shape index (κ3) is 3.46. The molecule has 0 unspecified atom stereocenters. The molecule has 5 nitrogen and oxygen atoms in total. The zero-order valence-corrected chi connectivity index (χ0v) is 12.4. The summed E-state index contributed by atoms with van der Waals surface area (Å²) in [6.07, 6.45) is 1.05. The van der Waals surface area contributed by atoms with Crippen LogP contribution in [0.5, 0.6) is 0 Å². The molecule has 1 aliphatic rings. The molecule has 122 valence electrons. The second-order valence-electron chi connectivity index (χ2n) is 5.82. The summed E-state index contributed by atoms with van der Waals surface area (Å²) in [4.78, 5) is 12.0. The van der Waals surface area contributed by atoms with Gasteiger partial charge in [0.25, 0.3) is 5.56 Å². The Balaban J connectivity index is 1.92. The third-order valence-corrected chi connectivity index (χ3v) is 4.06. The summed E-state index contributed by atoms with van der Waals surface area (Å²) < 4.78 is 27.6. The van der Waals surface area contributed by atoms with Gasteiger partial charge in [0.2, 0.25) is 0 Å². The molecule has 0 aliphatic carbocycles. The van der Waals surface area contributed by atoms with Crippen LogP contribution in [-0.2, 0) is 6.54 Å². The summed E-state index contributed by atoms with van der Waals surface area (Å²) >= 11 is 0. The van der Waals surface area contributed by atoms with Gasteiger partial charge in [-0.3, -0.25) is 4.79 Å². The SMILES string of the molecule is O=c1ccc(-c2ccc(F)c(F)c2)nn1CC1(O)CCNCC1. The molecule has 2 aromatic rings. The molecule has 0 spiro atoms. The standard InChI is InChI=1S/C16H17F2N3O2/c17-12-2-1-11(9-13(12)18)14-3-4-15(22)21(20-14)10-16(23)5-7-19-8-6-16/h1-4,9,19,23H,5-8,10H2. The Morgan fingerprint density at radius 3 is 2.61 bits per heavy atom. The number of piperidine rings is 1. The lowest BCUT2D eigenvalue weighted by Crippen LogP contribution is -2.46. The summed E-state index contributed by atoms with van der Waals surface area (Å²) in [5.41, 5.74) is -0.617. The van der Waals surface area contributed by atoms with Gasteiger partial charge in [-0.05, 0) is 50.2 Å². The first-order valence-electron chi connectivity index (χ1n) is 7.44. The van der Waals surface area contributed by atoms with Crippen LogP contribution in [0.4, 0.5) is 8.78 Å². The van der Waals surface area contributed by atoms with Crippen LogP contribution in [0.3, 0.4) is 0 Å². The Morgan fingerprint density at radius 1 is 1.17 bits per heavy atom. The van der Waals surface area contributed by atoms with Crippen molar-refractivity contribution in [2.75, 3.05) is 13.1 Å². The molecule has 0 atom stereocenters. The maximum atomic E-state index is 13.4. The minimum atomic E-state index is -0.991. The molecule has 1 aliphatic heterocycles. The first-order chi connectivity index (χ1) is 11.0. The number of hydrogen-bond acceptors (Lipinski definition) is 4. The number of nitrogens with zero attached hydrogens (tertiary/aromatic N) is 2. The number of halogens is 2. The van der Waals surface area contributed by atoms with Gasteiger partial charge in [-0.15, -0.1) is 0 Å². The van der Waals surface area contributed by atoms with Crippen molar-refractivity contribution in [3.05, 3.63) is 52.3 Å². The molecule has 2 N–H and O–H groups in total. The molecule has 23 heavy (non-hydrogen) atoms. The molecular formula is C16H17F2N3O2. The van der Waals surface area contributed by atoms with Crippen molar-refractivity contribution in [2.24, 2.45) is 0 Å². The fourth-order valence-corrected chi connectivity index (χ4v) is 2.70. The highest BCUT2D eigenvalue weighted by molar-refractivity contribution is 5.58. The van der Waals surface area contributed by atoms with Gasteiger partial charge in [0.1, 0.15) is 0 Å². The average Bonchev–Trinajstić information content (AvgIpc) is 2.53. The zero-order chi connectivity index (χ0) is 16.4. The van der Waals surface area contributed by atoms with E-state index in [1.54, 1.807) is 0 Å². The first kappa shape index (κ1) is 15.8. The lowest BCUT2D eigenvalue weighted by molar-refractivity contribution is -0.00934. The quantitative estimate of drug-likeness (QED) is 0.894. The average molecular weight is 321 g/mol. The van der Waals surface area contributed by atoms with Gasteiger partial charge in [0.15, 0.2) is 11.6 Å². The summed E-state index contributed by atoms with van der Waals surface area (Å²) in [6.45, 7) is 1.42. The maximum Gasteiger partial charge on any atom is 0.266 e. The highest BCUT2D eigenvalue weighted by Gasteiger charge is 2.30. The molecule has 2 heterocycles. The van der Waals surface area contributed by atoms with Crippen LogP contribution >= 0.6 is 0 Å². The Kier molecular flexibility index (Phi) is 4.23. The summed E-state index contributed by atoms with van der Waals surface area (Å²) in [5.74, 6) is -1.91. The summed E-state index contributed by atoms with van der Waals surface area (Å²) in [7, 11) is 0. The van der Waals surface area contributed by atoms with E-state index in [0.717, 1.165) is 12.1 Å². The summed E-state index contributed by atoms with van der Waals surface area (Å²) in [5, 5.41) is 17.9. The van der Waals surface area contributed by atoms with Crippen molar-refractivity contribution in [1.82, 2.24) is 15.1 Å². The fourth-order valence-electron chi connectivity index (χ4n) is 2.70. The Labute approximate surface area is 131 Å². The molecular weight excluding hydrogens is 304 g/mol. The maximum absolute atomic E-state index is 13.4. The van der Waals surface area contributed by atoms with E-state index in [1.165, 1.54) is 22.9 Å².